The van der Waals surface area contributed by atoms with Gasteiger partial charge in [0.15, 0.2) is 11.5 Å². The number of aliphatic carboxylic acids is 1. The molecule has 0 radical (unpaired) electrons. The van der Waals surface area contributed by atoms with Gasteiger partial charge in [0, 0.05) is 23.9 Å². The molecule has 5 heteroatoms. The van der Waals surface area contributed by atoms with Crippen molar-refractivity contribution in [3.63, 3.8) is 0 Å². The summed E-state index contributed by atoms with van der Waals surface area (Å²) in [6.07, 6.45) is 3.22. The number of rotatable bonds is 3. The highest BCUT2D eigenvalue weighted by Crippen LogP contribution is 2.50. The Kier molecular flexibility index (Phi) is 2.91. The van der Waals surface area contributed by atoms with Crippen molar-refractivity contribution in [2.75, 3.05) is 0 Å². The van der Waals surface area contributed by atoms with Gasteiger partial charge in [-0.15, -0.1) is 0 Å². The molecule has 1 saturated carbocycles. The summed E-state index contributed by atoms with van der Waals surface area (Å²) in [6, 6.07) is 3.55. The lowest BCUT2D eigenvalue weighted by molar-refractivity contribution is -0.146. The zero-order chi connectivity index (χ0) is 14.5. The molecule has 0 unspecified atom stereocenters. The van der Waals surface area contributed by atoms with Crippen molar-refractivity contribution in [3.05, 3.63) is 22.7 Å². The molecule has 0 amide bonds. The normalized spacial score (nSPS) is 18.9. The van der Waals surface area contributed by atoms with Gasteiger partial charge in [-0.2, -0.15) is 0 Å². The lowest BCUT2D eigenvalue weighted by atomic mass is 9.86. The second-order valence-corrected chi connectivity index (χ2v) is 6.63. The van der Waals surface area contributed by atoms with E-state index in [2.05, 4.69) is 0 Å². The maximum absolute atomic E-state index is 11.2. The molecule has 1 N–H and O–H groups in total. The van der Waals surface area contributed by atoms with Gasteiger partial charge < -0.3 is 14.6 Å². The molecule has 4 nitrogen and oxygen atoms in total. The Morgan fingerprint density at radius 1 is 1.35 bits per heavy atom. The van der Waals surface area contributed by atoms with Crippen molar-refractivity contribution < 1.29 is 19.4 Å². The van der Waals surface area contributed by atoms with Gasteiger partial charge in [0.25, 0.3) is 5.79 Å². The number of hydrogen-bond donors (Lipinski definition) is 1. The molecule has 0 atom stereocenters. The highest BCUT2D eigenvalue weighted by atomic mass is 35.5. The minimum atomic E-state index is -0.870. The van der Waals surface area contributed by atoms with E-state index in [0.717, 1.165) is 24.8 Å². The number of carbonyl (C=O) groups is 1. The van der Waals surface area contributed by atoms with Gasteiger partial charge in [0.2, 0.25) is 0 Å². The van der Waals surface area contributed by atoms with Crippen LogP contribution in [0.3, 0.4) is 0 Å². The average molecular weight is 297 g/mol. The molecule has 0 bridgehead atoms. The zero-order valence-electron chi connectivity index (χ0n) is 11.5. The van der Waals surface area contributed by atoms with Crippen LogP contribution in [0, 0.1) is 5.41 Å². The third-order valence-electron chi connectivity index (χ3n) is 4.03. The van der Waals surface area contributed by atoms with Crippen LogP contribution in [-0.4, -0.2) is 16.9 Å². The maximum Gasteiger partial charge on any atom is 0.309 e. The molecule has 1 aromatic carbocycles. The quantitative estimate of drug-likeness (QED) is 0.925. The van der Waals surface area contributed by atoms with E-state index in [9.17, 15) is 9.90 Å². The van der Waals surface area contributed by atoms with Gasteiger partial charge in [-0.05, 0) is 38.3 Å². The minimum Gasteiger partial charge on any atom is -0.481 e. The van der Waals surface area contributed by atoms with E-state index in [1.807, 2.05) is 6.07 Å². The Hall–Kier alpha value is -1.42. The van der Waals surface area contributed by atoms with E-state index >= 15 is 0 Å². The molecule has 1 heterocycles. The summed E-state index contributed by atoms with van der Waals surface area (Å²) in [4.78, 5) is 11.2. The number of benzene rings is 1. The second kappa shape index (κ2) is 4.29. The predicted molar refractivity (Wildman–Crippen MR) is 74.4 cm³/mol. The molecule has 1 aromatic rings. The number of halogens is 1. The fourth-order valence-corrected chi connectivity index (χ4v) is 2.74. The molecule has 1 fully saturated rings. The lowest BCUT2D eigenvalue weighted by Crippen LogP contribution is -2.45. The van der Waals surface area contributed by atoms with Crippen LogP contribution in [0.1, 0.15) is 38.7 Å². The smallest absolute Gasteiger partial charge is 0.309 e. The standard InChI is InChI=1S/C15H17ClO4/c1-14(2,13(17)18)8-9-6-11-12(7-10(9)16)20-15(19-11)4-3-5-15/h6-7H,3-5,8H2,1-2H3,(H,17,18). The Balaban J connectivity index is 1.88. The number of carboxylic acids is 1. The molecular formula is C15H17ClO4. The average Bonchev–Trinajstić information content (AvgIpc) is 2.67. The molecule has 2 aliphatic rings. The topological polar surface area (TPSA) is 55.8 Å². The van der Waals surface area contributed by atoms with E-state index in [4.69, 9.17) is 21.1 Å². The second-order valence-electron chi connectivity index (χ2n) is 6.22. The Labute approximate surface area is 122 Å². The van der Waals surface area contributed by atoms with Crippen molar-refractivity contribution in [1.82, 2.24) is 0 Å². The third kappa shape index (κ3) is 2.12. The van der Waals surface area contributed by atoms with Gasteiger partial charge in [-0.1, -0.05) is 11.6 Å². The van der Waals surface area contributed by atoms with Crippen molar-refractivity contribution in [1.29, 1.82) is 0 Å². The summed E-state index contributed by atoms with van der Waals surface area (Å²) in [7, 11) is 0. The van der Waals surface area contributed by atoms with Crippen molar-refractivity contribution in [3.8, 4) is 11.5 Å². The monoisotopic (exact) mass is 296 g/mol. The van der Waals surface area contributed by atoms with Crippen LogP contribution in [0.2, 0.25) is 5.02 Å². The highest BCUT2D eigenvalue weighted by Gasteiger charge is 2.47. The molecule has 1 aliphatic heterocycles. The van der Waals surface area contributed by atoms with Crippen LogP contribution in [0.25, 0.3) is 0 Å². The van der Waals surface area contributed by atoms with E-state index < -0.39 is 17.2 Å². The SMILES string of the molecule is CC(C)(Cc1cc2c(cc1Cl)OC1(CCC1)O2)C(=O)O. The van der Waals surface area contributed by atoms with Gasteiger partial charge >= 0.3 is 5.97 Å². The van der Waals surface area contributed by atoms with Gasteiger partial charge in [0.1, 0.15) is 0 Å². The first kappa shape index (κ1) is 13.6. The van der Waals surface area contributed by atoms with Crippen LogP contribution in [0.5, 0.6) is 11.5 Å². The molecule has 20 heavy (non-hydrogen) atoms. The van der Waals surface area contributed by atoms with Crippen molar-refractivity contribution in [2.24, 2.45) is 5.41 Å². The minimum absolute atomic E-state index is 0.352. The van der Waals surface area contributed by atoms with E-state index in [0.29, 0.717) is 22.9 Å². The van der Waals surface area contributed by atoms with Crippen LogP contribution in [0.15, 0.2) is 12.1 Å². The van der Waals surface area contributed by atoms with Crippen LogP contribution in [-0.2, 0) is 11.2 Å². The Morgan fingerprint density at radius 3 is 2.45 bits per heavy atom. The first-order chi connectivity index (χ1) is 9.31. The van der Waals surface area contributed by atoms with Crippen molar-refractivity contribution >= 4 is 17.6 Å². The maximum atomic E-state index is 11.2. The summed E-state index contributed by atoms with van der Waals surface area (Å²) in [5.41, 5.74) is -0.0938. The van der Waals surface area contributed by atoms with E-state index in [1.54, 1.807) is 19.9 Å². The molecular weight excluding hydrogens is 280 g/mol. The molecule has 0 saturated heterocycles. The van der Waals surface area contributed by atoms with E-state index in [1.165, 1.54) is 0 Å². The highest BCUT2D eigenvalue weighted by molar-refractivity contribution is 6.31. The van der Waals surface area contributed by atoms with E-state index in [-0.39, 0.29) is 0 Å². The van der Waals surface area contributed by atoms with Crippen LogP contribution in [0.4, 0.5) is 0 Å². The fourth-order valence-electron chi connectivity index (χ4n) is 2.52. The molecule has 0 aromatic heterocycles. The summed E-state index contributed by atoms with van der Waals surface area (Å²) in [6.45, 7) is 3.37. The number of fused-ring (bicyclic) bond motifs is 1. The molecule has 1 aliphatic carbocycles. The first-order valence-corrected chi connectivity index (χ1v) is 7.13. The lowest BCUT2D eigenvalue weighted by Gasteiger charge is -2.35. The Morgan fingerprint density at radius 2 is 1.95 bits per heavy atom. The summed E-state index contributed by atoms with van der Waals surface area (Å²) in [5, 5.41) is 9.74. The Bertz CT molecular complexity index is 575. The number of carboxylic acid groups (broad SMARTS) is 1. The summed E-state index contributed by atoms with van der Waals surface area (Å²) < 4.78 is 11.7. The summed E-state index contributed by atoms with van der Waals surface area (Å²) in [5.74, 6) is -0.00867. The molecule has 3 rings (SSSR count). The molecule has 108 valence electrons. The van der Waals surface area contributed by atoms with Gasteiger partial charge in [0.05, 0.1) is 5.41 Å². The zero-order valence-corrected chi connectivity index (χ0v) is 12.3. The molecule has 1 spiro atoms. The third-order valence-corrected chi connectivity index (χ3v) is 4.38. The van der Waals surface area contributed by atoms with Gasteiger partial charge in [-0.3, -0.25) is 4.79 Å². The van der Waals surface area contributed by atoms with Gasteiger partial charge in [-0.25, -0.2) is 0 Å². The largest absolute Gasteiger partial charge is 0.481 e. The fraction of sp³-hybridized carbons (Fsp3) is 0.533. The number of hydrogen-bond acceptors (Lipinski definition) is 3. The van der Waals surface area contributed by atoms with Crippen molar-refractivity contribution in [2.45, 2.75) is 45.3 Å². The summed E-state index contributed by atoms with van der Waals surface area (Å²) >= 11 is 6.24. The predicted octanol–water partition coefficient (Wildman–Crippen LogP) is 3.64. The first-order valence-electron chi connectivity index (χ1n) is 6.75. The van der Waals surface area contributed by atoms with Crippen LogP contribution >= 0.6 is 11.6 Å². The van der Waals surface area contributed by atoms with Crippen LogP contribution < -0.4 is 9.47 Å². The number of ether oxygens (including phenoxy) is 2.